The zero-order valence-corrected chi connectivity index (χ0v) is 14.2. The maximum absolute atomic E-state index is 12.5. The lowest BCUT2D eigenvalue weighted by Gasteiger charge is -2.26. The minimum atomic E-state index is -0.178. The minimum Gasteiger partial charge on any atom is -0.344 e. The third-order valence-electron chi connectivity index (χ3n) is 4.21. The summed E-state index contributed by atoms with van der Waals surface area (Å²) >= 11 is 5.62. The van der Waals surface area contributed by atoms with E-state index >= 15 is 0 Å². The predicted molar refractivity (Wildman–Crippen MR) is 95.4 cm³/mol. The molecule has 0 spiro atoms. The van der Waals surface area contributed by atoms with Gasteiger partial charge in [0.15, 0.2) is 0 Å². The standard InChI is InChI=1S/C18H19ClN4O/c1-11(17(19)20)9-16-21-10-15(22-16)18(24)23-14-8-4-6-12-5-2-3-7-13(12)14/h2-3,5,7,9-10,14,20H,4,6,8H2,1H3,(H,21,22)(H,23,24)/b11-9-,20-17?. The van der Waals surface area contributed by atoms with Crippen LogP contribution < -0.4 is 5.32 Å². The Morgan fingerprint density at radius 3 is 3.04 bits per heavy atom. The van der Waals surface area contributed by atoms with Crippen LogP contribution in [0.2, 0.25) is 0 Å². The number of allylic oxidation sites excluding steroid dienone is 1. The van der Waals surface area contributed by atoms with E-state index in [1.807, 2.05) is 12.1 Å². The van der Waals surface area contributed by atoms with E-state index in [0.29, 0.717) is 17.1 Å². The van der Waals surface area contributed by atoms with Crippen molar-refractivity contribution in [1.29, 1.82) is 5.41 Å². The van der Waals surface area contributed by atoms with Gasteiger partial charge in [-0.25, -0.2) is 4.98 Å². The number of aryl methyl sites for hydroxylation is 1. The van der Waals surface area contributed by atoms with Gasteiger partial charge in [-0.05, 0) is 49.0 Å². The van der Waals surface area contributed by atoms with Gasteiger partial charge in [0.25, 0.3) is 5.91 Å². The Hall–Kier alpha value is -2.40. The Kier molecular flexibility index (Phi) is 4.81. The van der Waals surface area contributed by atoms with Gasteiger partial charge < -0.3 is 10.3 Å². The third-order valence-corrected chi connectivity index (χ3v) is 4.51. The van der Waals surface area contributed by atoms with Crippen LogP contribution in [0.5, 0.6) is 0 Å². The highest BCUT2D eigenvalue weighted by Gasteiger charge is 2.22. The molecule has 0 aliphatic heterocycles. The Morgan fingerprint density at radius 2 is 2.25 bits per heavy atom. The van der Waals surface area contributed by atoms with E-state index in [1.54, 1.807) is 13.0 Å². The summed E-state index contributed by atoms with van der Waals surface area (Å²) in [5.41, 5.74) is 3.49. The Labute approximate surface area is 145 Å². The Morgan fingerprint density at radius 1 is 1.46 bits per heavy atom. The second-order valence-corrected chi connectivity index (χ2v) is 6.32. The topological polar surface area (TPSA) is 81.6 Å². The van der Waals surface area contributed by atoms with Crippen molar-refractivity contribution in [1.82, 2.24) is 15.3 Å². The van der Waals surface area contributed by atoms with Crippen LogP contribution in [0.3, 0.4) is 0 Å². The molecule has 1 aliphatic carbocycles. The fourth-order valence-electron chi connectivity index (χ4n) is 2.93. The smallest absolute Gasteiger partial charge is 0.269 e. The molecule has 1 heterocycles. The summed E-state index contributed by atoms with van der Waals surface area (Å²) < 4.78 is 0. The second-order valence-electron chi connectivity index (χ2n) is 5.94. The number of benzene rings is 1. The van der Waals surface area contributed by atoms with Crippen LogP contribution in [-0.4, -0.2) is 21.0 Å². The molecule has 1 aromatic carbocycles. The average Bonchev–Trinajstić information content (AvgIpc) is 3.03. The molecule has 0 saturated heterocycles. The molecule has 0 bridgehead atoms. The van der Waals surface area contributed by atoms with Crippen molar-refractivity contribution in [3.05, 3.63) is 58.7 Å². The zero-order valence-electron chi connectivity index (χ0n) is 13.4. The van der Waals surface area contributed by atoms with Crippen LogP contribution in [0.25, 0.3) is 6.08 Å². The lowest BCUT2D eigenvalue weighted by atomic mass is 9.88. The van der Waals surface area contributed by atoms with Gasteiger partial charge in [0.05, 0.1) is 12.2 Å². The van der Waals surface area contributed by atoms with Gasteiger partial charge in [-0.2, -0.15) is 0 Å². The average molecular weight is 343 g/mol. The number of imidazole rings is 1. The van der Waals surface area contributed by atoms with Gasteiger partial charge in [0, 0.05) is 0 Å². The first-order valence-corrected chi connectivity index (χ1v) is 8.29. The van der Waals surface area contributed by atoms with Crippen molar-refractivity contribution < 1.29 is 4.79 Å². The maximum Gasteiger partial charge on any atom is 0.269 e. The molecule has 3 rings (SSSR count). The van der Waals surface area contributed by atoms with Gasteiger partial charge in [-0.1, -0.05) is 35.9 Å². The number of hydrogen-bond donors (Lipinski definition) is 3. The lowest BCUT2D eigenvalue weighted by Crippen LogP contribution is -2.31. The predicted octanol–water partition coefficient (Wildman–Crippen LogP) is 3.84. The summed E-state index contributed by atoms with van der Waals surface area (Å²) in [6.07, 6.45) is 6.20. The number of nitrogens with one attached hydrogen (secondary N) is 3. The number of carbonyl (C=O) groups excluding carboxylic acids is 1. The SMILES string of the molecule is C/C(=C/c1ncc(C(=O)NC2CCCc3ccccc32)[nH]1)C(=N)Cl. The molecule has 3 N–H and O–H groups in total. The normalized spacial score (nSPS) is 17.2. The molecule has 0 saturated carbocycles. The van der Waals surface area contributed by atoms with Crippen LogP contribution in [-0.2, 0) is 6.42 Å². The van der Waals surface area contributed by atoms with Crippen molar-refractivity contribution in [2.75, 3.05) is 0 Å². The molecule has 5 nitrogen and oxygen atoms in total. The van der Waals surface area contributed by atoms with Gasteiger partial charge in [0.2, 0.25) is 0 Å². The number of aromatic nitrogens is 2. The number of amides is 1. The molecule has 1 aromatic heterocycles. The summed E-state index contributed by atoms with van der Waals surface area (Å²) in [6.45, 7) is 1.72. The molecule has 24 heavy (non-hydrogen) atoms. The number of nitrogens with zero attached hydrogens (tertiary/aromatic N) is 1. The van der Waals surface area contributed by atoms with Crippen molar-refractivity contribution >= 4 is 28.8 Å². The van der Waals surface area contributed by atoms with Crippen LogP contribution in [0.4, 0.5) is 0 Å². The largest absolute Gasteiger partial charge is 0.344 e. The highest BCUT2D eigenvalue weighted by Crippen LogP contribution is 2.29. The van der Waals surface area contributed by atoms with Crippen LogP contribution >= 0.6 is 11.6 Å². The van der Waals surface area contributed by atoms with E-state index in [-0.39, 0.29) is 17.1 Å². The molecule has 6 heteroatoms. The van der Waals surface area contributed by atoms with E-state index in [2.05, 4.69) is 27.4 Å². The Balaban J connectivity index is 1.74. The number of H-pyrrole nitrogens is 1. The first-order valence-electron chi connectivity index (χ1n) is 7.91. The highest BCUT2D eigenvalue weighted by molar-refractivity contribution is 6.69. The van der Waals surface area contributed by atoms with Crippen LogP contribution in [0.1, 0.15) is 53.2 Å². The number of hydrogen-bond acceptors (Lipinski definition) is 3. The van der Waals surface area contributed by atoms with E-state index in [9.17, 15) is 4.79 Å². The molecular formula is C18H19ClN4O. The summed E-state index contributed by atoms with van der Waals surface area (Å²) in [5.74, 6) is 0.328. The van der Waals surface area contributed by atoms with Crippen molar-refractivity contribution in [3.8, 4) is 0 Å². The quantitative estimate of drug-likeness (QED) is 0.738. The molecular weight excluding hydrogens is 324 g/mol. The molecule has 0 fully saturated rings. The summed E-state index contributed by atoms with van der Waals surface area (Å²) in [5, 5.41) is 10.4. The van der Waals surface area contributed by atoms with E-state index in [0.717, 1.165) is 19.3 Å². The number of aromatic amines is 1. The highest BCUT2D eigenvalue weighted by atomic mass is 35.5. The van der Waals surface area contributed by atoms with Crippen molar-refractivity contribution in [2.24, 2.45) is 0 Å². The first-order chi connectivity index (χ1) is 11.5. The number of rotatable bonds is 4. The van der Waals surface area contributed by atoms with E-state index in [4.69, 9.17) is 17.0 Å². The van der Waals surface area contributed by atoms with Crippen LogP contribution in [0.15, 0.2) is 36.0 Å². The van der Waals surface area contributed by atoms with Gasteiger partial charge in [-0.3, -0.25) is 10.2 Å². The second kappa shape index (κ2) is 7.01. The van der Waals surface area contributed by atoms with Gasteiger partial charge >= 0.3 is 0 Å². The molecule has 1 aliphatic rings. The van der Waals surface area contributed by atoms with E-state index < -0.39 is 0 Å². The minimum absolute atomic E-state index is 0.0301. The number of carbonyl (C=O) groups is 1. The molecule has 124 valence electrons. The molecule has 1 atom stereocenters. The third kappa shape index (κ3) is 3.57. The van der Waals surface area contributed by atoms with Gasteiger partial charge in [0.1, 0.15) is 16.7 Å². The molecule has 2 aromatic rings. The Bertz CT molecular complexity index is 809. The van der Waals surface area contributed by atoms with Crippen LogP contribution in [0, 0.1) is 5.41 Å². The fraction of sp³-hybridized carbons (Fsp3) is 0.278. The van der Waals surface area contributed by atoms with Gasteiger partial charge in [-0.15, -0.1) is 0 Å². The number of fused-ring (bicyclic) bond motifs is 1. The van der Waals surface area contributed by atoms with Crippen molar-refractivity contribution in [3.63, 3.8) is 0 Å². The summed E-state index contributed by atoms with van der Waals surface area (Å²) in [4.78, 5) is 19.6. The monoisotopic (exact) mass is 342 g/mol. The lowest BCUT2D eigenvalue weighted by molar-refractivity contribution is 0.0928. The molecule has 1 unspecified atom stereocenters. The van der Waals surface area contributed by atoms with E-state index in [1.165, 1.54) is 17.3 Å². The fourth-order valence-corrected chi connectivity index (χ4v) is 2.99. The first kappa shape index (κ1) is 16.5. The molecule has 0 radical (unpaired) electrons. The summed E-state index contributed by atoms with van der Waals surface area (Å²) in [6, 6.07) is 8.27. The maximum atomic E-state index is 12.5. The zero-order chi connectivity index (χ0) is 17.1. The summed E-state index contributed by atoms with van der Waals surface area (Å²) in [7, 11) is 0. The molecule has 1 amide bonds. The van der Waals surface area contributed by atoms with Crippen molar-refractivity contribution in [2.45, 2.75) is 32.2 Å². The number of halogens is 1.